The second-order valence-electron chi connectivity index (χ2n) is 8.51. The number of fused-ring (bicyclic) bond motifs is 1. The largest absolute Gasteiger partial charge is 0.489 e. The Bertz CT molecular complexity index is 851. The normalized spacial score (nSPS) is 13.8. The minimum atomic E-state index is -0.466. The van der Waals surface area contributed by atoms with Gasteiger partial charge >= 0.3 is 6.09 Å². The predicted molar refractivity (Wildman–Crippen MR) is 112 cm³/mol. The van der Waals surface area contributed by atoms with Crippen molar-refractivity contribution in [1.29, 1.82) is 0 Å². The van der Waals surface area contributed by atoms with E-state index in [0.717, 1.165) is 24.2 Å². The van der Waals surface area contributed by atoms with Gasteiger partial charge in [-0.05, 0) is 68.9 Å². The van der Waals surface area contributed by atoms with Crippen molar-refractivity contribution in [2.24, 2.45) is 0 Å². The summed E-state index contributed by atoms with van der Waals surface area (Å²) in [5.74, 6) is 0.960. The van der Waals surface area contributed by atoms with Crippen LogP contribution in [0.2, 0.25) is 0 Å². The Kier molecular flexibility index (Phi) is 5.97. The van der Waals surface area contributed by atoms with Gasteiger partial charge < -0.3 is 14.4 Å². The van der Waals surface area contributed by atoms with Crippen molar-refractivity contribution in [1.82, 2.24) is 4.90 Å². The molecule has 2 aromatic carbocycles. The number of carbonyl (C=O) groups excluding carboxylic acids is 1. The van der Waals surface area contributed by atoms with Gasteiger partial charge in [0, 0.05) is 13.1 Å². The molecule has 4 heteroatoms. The predicted octanol–water partition coefficient (Wildman–Crippen LogP) is 5.43. The molecule has 1 aliphatic heterocycles. The molecule has 1 amide bonds. The van der Waals surface area contributed by atoms with Crippen molar-refractivity contribution in [3.8, 4) is 5.75 Å². The fourth-order valence-corrected chi connectivity index (χ4v) is 3.46. The number of hydrogen-bond acceptors (Lipinski definition) is 3. The van der Waals surface area contributed by atoms with Crippen LogP contribution in [-0.2, 0) is 30.7 Å². The number of hydrogen-bond donors (Lipinski definition) is 0. The molecule has 0 saturated carbocycles. The number of ether oxygens (including phenoxy) is 2. The number of amides is 1. The summed E-state index contributed by atoms with van der Waals surface area (Å²) >= 11 is 0. The molecule has 0 N–H and O–H groups in total. The van der Waals surface area contributed by atoms with Gasteiger partial charge in [0.15, 0.2) is 0 Å². The van der Waals surface area contributed by atoms with Crippen molar-refractivity contribution >= 4 is 6.09 Å². The Morgan fingerprint density at radius 2 is 1.89 bits per heavy atom. The van der Waals surface area contributed by atoms with Gasteiger partial charge in [-0.2, -0.15) is 0 Å². The van der Waals surface area contributed by atoms with Crippen molar-refractivity contribution in [2.45, 2.75) is 66.2 Å². The van der Waals surface area contributed by atoms with Crippen LogP contribution in [0.25, 0.3) is 0 Å². The molecule has 4 nitrogen and oxygen atoms in total. The zero-order chi connectivity index (χ0) is 20.3. The Balaban J connectivity index is 1.65. The lowest BCUT2D eigenvalue weighted by atomic mass is 9.97. The van der Waals surface area contributed by atoms with Crippen molar-refractivity contribution in [3.05, 3.63) is 64.2 Å². The minimum absolute atomic E-state index is 0.239. The van der Waals surface area contributed by atoms with Crippen molar-refractivity contribution < 1.29 is 14.3 Å². The Morgan fingerprint density at radius 3 is 2.61 bits per heavy atom. The zero-order valence-corrected chi connectivity index (χ0v) is 17.7. The van der Waals surface area contributed by atoms with E-state index in [9.17, 15) is 4.79 Å². The van der Waals surface area contributed by atoms with Crippen LogP contribution in [0, 0.1) is 6.92 Å². The molecule has 0 bridgehead atoms. The molecule has 0 radical (unpaired) electrons. The molecule has 0 aliphatic carbocycles. The van der Waals surface area contributed by atoms with Crippen molar-refractivity contribution in [2.75, 3.05) is 6.54 Å². The van der Waals surface area contributed by atoms with Gasteiger partial charge in [0.2, 0.25) is 0 Å². The molecule has 150 valence electrons. The van der Waals surface area contributed by atoms with E-state index in [0.29, 0.717) is 19.7 Å². The molecule has 0 spiro atoms. The van der Waals surface area contributed by atoms with Crippen LogP contribution in [0.3, 0.4) is 0 Å². The summed E-state index contributed by atoms with van der Waals surface area (Å²) in [7, 11) is 0. The molecular weight excluding hydrogens is 350 g/mol. The highest BCUT2D eigenvalue weighted by Gasteiger charge is 2.25. The number of rotatable bonds is 4. The van der Waals surface area contributed by atoms with Crippen molar-refractivity contribution in [3.63, 3.8) is 0 Å². The Morgan fingerprint density at radius 1 is 1.11 bits per heavy atom. The highest BCUT2D eigenvalue weighted by atomic mass is 16.6. The number of carbonyl (C=O) groups is 1. The summed E-state index contributed by atoms with van der Waals surface area (Å²) in [4.78, 5) is 14.1. The molecule has 0 fully saturated rings. The van der Waals surface area contributed by atoms with Crippen LogP contribution in [0.5, 0.6) is 5.75 Å². The minimum Gasteiger partial charge on any atom is -0.489 e. The second-order valence-corrected chi connectivity index (χ2v) is 8.51. The molecule has 0 saturated heterocycles. The first-order valence-electron chi connectivity index (χ1n) is 10.1. The molecule has 0 unspecified atom stereocenters. The van der Waals surface area contributed by atoms with Crippen LogP contribution in [0.15, 0.2) is 36.4 Å². The fraction of sp³-hybridized carbons (Fsp3) is 0.458. The average Bonchev–Trinajstić information content (AvgIpc) is 2.65. The van der Waals surface area contributed by atoms with Crippen LogP contribution in [0.4, 0.5) is 4.79 Å². The first-order valence-corrected chi connectivity index (χ1v) is 10.1. The monoisotopic (exact) mass is 381 g/mol. The number of aryl methyl sites for hydroxylation is 2. The first kappa shape index (κ1) is 20.2. The van der Waals surface area contributed by atoms with E-state index in [1.54, 1.807) is 4.90 Å². The third-order valence-corrected chi connectivity index (χ3v) is 4.93. The summed E-state index contributed by atoms with van der Waals surface area (Å²) in [5.41, 5.74) is 5.67. The van der Waals surface area contributed by atoms with Crippen LogP contribution in [0.1, 0.15) is 55.5 Å². The Labute approximate surface area is 168 Å². The maximum Gasteiger partial charge on any atom is 0.410 e. The molecule has 3 rings (SSSR count). The average molecular weight is 382 g/mol. The highest BCUT2D eigenvalue weighted by molar-refractivity contribution is 5.68. The van der Waals surface area contributed by atoms with E-state index in [4.69, 9.17) is 9.47 Å². The molecule has 0 atom stereocenters. The third kappa shape index (κ3) is 5.06. The highest BCUT2D eigenvalue weighted by Crippen LogP contribution is 2.25. The molecule has 28 heavy (non-hydrogen) atoms. The van der Waals surface area contributed by atoms with Crippen LogP contribution < -0.4 is 4.74 Å². The molecular formula is C24H31NO3. The van der Waals surface area contributed by atoms with Gasteiger partial charge in [-0.25, -0.2) is 4.79 Å². The zero-order valence-electron chi connectivity index (χ0n) is 17.7. The molecule has 0 aromatic heterocycles. The maximum absolute atomic E-state index is 12.3. The van der Waals surface area contributed by atoms with E-state index in [1.165, 1.54) is 22.3 Å². The van der Waals surface area contributed by atoms with E-state index in [2.05, 4.69) is 50.2 Å². The lowest BCUT2D eigenvalue weighted by Crippen LogP contribution is -2.39. The topological polar surface area (TPSA) is 38.8 Å². The van der Waals surface area contributed by atoms with E-state index >= 15 is 0 Å². The quantitative estimate of drug-likeness (QED) is 0.709. The summed E-state index contributed by atoms with van der Waals surface area (Å²) in [6.07, 6.45) is 1.56. The van der Waals surface area contributed by atoms with E-state index < -0.39 is 5.60 Å². The summed E-state index contributed by atoms with van der Waals surface area (Å²) < 4.78 is 11.6. The maximum atomic E-state index is 12.3. The first-order chi connectivity index (χ1) is 13.2. The molecule has 1 heterocycles. The van der Waals surface area contributed by atoms with Crippen LogP contribution >= 0.6 is 0 Å². The fourth-order valence-electron chi connectivity index (χ4n) is 3.46. The van der Waals surface area contributed by atoms with Gasteiger partial charge in [-0.3, -0.25) is 0 Å². The smallest absolute Gasteiger partial charge is 0.410 e. The third-order valence-electron chi connectivity index (χ3n) is 4.93. The number of benzene rings is 2. The van der Waals surface area contributed by atoms with Gasteiger partial charge in [0.05, 0.1) is 0 Å². The standard InChI is InChI=1S/C24H31NO3/c1-6-19-13-17(2)7-10-22(19)27-16-18-8-9-21-15-25(12-11-20(21)14-18)23(26)28-24(3,4)5/h7-10,13-14H,6,11-12,15-16H2,1-5H3. The molecule has 2 aromatic rings. The van der Waals surface area contributed by atoms with Gasteiger partial charge in [0.25, 0.3) is 0 Å². The summed E-state index contributed by atoms with van der Waals surface area (Å²) in [6, 6.07) is 12.8. The van der Waals surface area contributed by atoms with E-state index in [-0.39, 0.29) is 6.09 Å². The molecule has 1 aliphatic rings. The van der Waals surface area contributed by atoms with Gasteiger partial charge in [0.1, 0.15) is 18.0 Å². The summed E-state index contributed by atoms with van der Waals surface area (Å²) in [6.45, 7) is 11.8. The van der Waals surface area contributed by atoms with Crippen LogP contribution in [-0.4, -0.2) is 23.1 Å². The lowest BCUT2D eigenvalue weighted by molar-refractivity contribution is 0.0224. The second kappa shape index (κ2) is 8.26. The van der Waals surface area contributed by atoms with Gasteiger partial charge in [-0.15, -0.1) is 0 Å². The SMILES string of the molecule is CCc1cc(C)ccc1OCc1ccc2c(c1)CCN(C(=O)OC(C)(C)C)C2. The van der Waals surface area contributed by atoms with Gasteiger partial charge in [-0.1, -0.05) is 42.8 Å². The number of nitrogens with zero attached hydrogens (tertiary/aromatic N) is 1. The van der Waals surface area contributed by atoms with E-state index in [1.807, 2.05) is 20.8 Å². The lowest BCUT2D eigenvalue weighted by Gasteiger charge is -2.31. The summed E-state index contributed by atoms with van der Waals surface area (Å²) in [5, 5.41) is 0. The Hall–Kier alpha value is -2.49.